The van der Waals surface area contributed by atoms with Crippen LogP contribution in [0.1, 0.15) is 15.9 Å². The Labute approximate surface area is 202 Å². The average Bonchev–Trinajstić information content (AvgIpc) is 3.16. The molecular formula is C27H25N5O3. The number of methoxy groups -OCH3 is 2. The molecule has 0 saturated heterocycles. The van der Waals surface area contributed by atoms with E-state index in [4.69, 9.17) is 25.2 Å². The van der Waals surface area contributed by atoms with Crippen molar-refractivity contribution < 1.29 is 14.3 Å². The minimum Gasteiger partial charge on any atom is -0.497 e. The number of amides is 1. The quantitative estimate of drug-likeness (QED) is 0.360. The fourth-order valence-electron chi connectivity index (χ4n) is 4.13. The van der Waals surface area contributed by atoms with Gasteiger partial charge in [-0.25, -0.2) is 9.97 Å². The van der Waals surface area contributed by atoms with Gasteiger partial charge < -0.3 is 25.1 Å². The zero-order valence-electron chi connectivity index (χ0n) is 19.5. The van der Waals surface area contributed by atoms with Crippen molar-refractivity contribution in [3.8, 4) is 11.5 Å². The van der Waals surface area contributed by atoms with Gasteiger partial charge in [0.25, 0.3) is 5.91 Å². The van der Waals surface area contributed by atoms with Crippen LogP contribution in [0.3, 0.4) is 0 Å². The number of nitrogens with one attached hydrogen (secondary N) is 1. The lowest BCUT2D eigenvalue weighted by molar-refractivity contribution is 0.102. The summed E-state index contributed by atoms with van der Waals surface area (Å²) in [6, 6.07) is 22.7. The second-order valence-corrected chi connectivity index (χ2v) is 8.05. The van der Waals surface area contributed by atoms with E-state index in [0.29, 0.717) is 52.5 Å². The third-order valence-electron chi connectivity index (χ3n) is 5.96. The van der Waals surface area contributed by atoms with E-state index < -0.39 is 0 Å². The normalized spacial score (nSPS) is 11.0. The molecule has 5 aromatic rings. The molecule has 0 fully saturated rings. The van der Waals surface area contributed by atoms with Crippen LogP contribution in [0.4, 0.5) is 11.5 Å². The lowest BCUT2D eigenvalue weighted by Gasteiger charge is -2.10. The highest BCUT2D eigenvalue weighted by atomic mass is 16.5. The van der Waals surface area contributed by atoms with Gasteiger partial charge in [0.05, 0.1) is 30.9 Å². The fourth-order valence-corrected chi connectivity index (χ4v) is 4.13. The van der Waals surface area contributed by atoms with Gasteiger partial charge in [0.2, 0.25) is 0 Å². The van der Waals surface area contributed by atoms with Gasteiger partial charge in [-0.2, -0.15) is 0 Å². The molecule has 8 nitrogen and oxygen atoms in total. The maximum atomic E-state index is 13.5. The molecule has 3 aromatic carbocycles. The second kappa shape index (κ2) is 9.34. The Kier molecular flexibility index (Phi) is 5.93. The topological polar surface area (TPSA) is 104 Å². The van der Waals surface area contributed by atoms with Gasteiger partial charge in [0.15, 0.2) is 5.65 Å². The maximum Gasteiger partial charge on any atom is 0.261 e. The summed E-state index contributed by atoms with van der Waals surface area (Å²) in [5.74, 6) is 1.30. The van der Waals surface area contributed by atoms with Crippen LogP contribution in [-0.4, -0.2) is 34.7 Å². The predicted octanol–water partition coefficient (Wildman–Crippen LogP) is 4.68. The summed E-state index contributed by atoms with van der Waals surface area (Å²) in [4.78, 5) is 23.1. The van der Waals surface area contributed by atoms with Crippen molar-refractivity contribution in [1.29, 1.82) is 0 Å². The number of rotatable bonds is 7. The number of aromatic nitrogens is 3. The molecule has 2 heterocycles. The van der Waals surface area contributed by atoms with Crippen LogP contribution in [0, 0.1) is 0 Å². The Morgan fingerprint density at radius 2 is 1.60 bits per heavy atom. The van der Waals surface area contributed by atoms with E-state index >= 15 is 0 Å². The number of nitrogens with two attached hydrogens (primary N) is 1. The number of fused-ring (bicyclic) bond motifs is 2. The fraction of sp³-hybridized carbons (Fsp3) is 0.148. The summed E-state index contributed by atoms with van der Waals surface area (Å²) in [6.45, 7) is 0.531. The molecule has 5 rings (SSSR count). The van der Waals surface area contributed by atoms with Gasteiger partial charge in [0, 0.05) is 6.54 Å². The highest BCUT2D eigenvalue weighted by Crippen LogP contribution is 2.31. The highest BCUT2D eigenvalue weighted by Gasteiger charge is 2.24. The van der Waals surface area contributed by atoms with Crippen molar-refractivity contribution in [3.63, 3.8) is 0 Å². The monoisotopic (exact) mass is 467 g/mol. The van der Waals surface area contributed by atoms with E-state index in [1.54, 1.807) is 26.4 Å². The number of para-hydroxylation sites is 4. The lowest BCUT2D eigenvalue weighted by Crippen LogP contribution is -2.15. The first-order valence-electron chi connectivity index (χ1n) is 11.2. The van der Waals surface area contributed by atoms with Crippen molar-refractivity contribution in [2.45, 2.75) is 13.0 Å². The molecule has 2 aromatic heterocycles. The van der Waals surface area contributed by atoms with Crippen molar-refractivity contribution in [2.24, 2.45) is 0 Å². The van der Waals surface area contributed by atoms with Crippen molar-refractivity contribution in [1.82, 2.24) is 14.5 Å². The Balaban J connectivity index is 1.57. The number of benzene rings is 3. The van der Waals surface area contributed by atoms with Crippen LogP contribution in [0.2, 0.25) is 0 Å². The Bertz CT molecular complexity index is 1530. The number of nitrogen functional groups attached to an aromatic ring is 1. The first kappa shape index (κ1) is 22.2. The zero-order valence-corrected chi connectivity index (χ0v) is 19.5. The molecule has 0 saturated carbocycles. The summed E-state index contributed by atoms with van der Waals surface area (Å²) in [5, 5.41) is 2.92. The molecule has 1 amide bonds. The second-order valence-electron chi connectivity index (χ2n) is 8.05. The van der Waals surface area contributed by atoms with Crippen molar-refractivity contribution >= 4 is 39.6 Å². The van der Waals surface area contributed by atoms with E-state index in [-0.39, 0.29) is 5.91 Å². The van der Waals surface area contributed by atoms with Crippen molar-refractivity contribution in [3.05, 3.63) is 83.9 Å². The van der Waals surface area contributed by atoms with Gasteiger partial charge in [-0.1, -0.05) is 36.4 Å². The van der Waals surface area contributed by atoms with Crippen LogP contribution in [0.5, 0.6) is 11.5 Å². The highest BCUT2D eigenvalue weighted by molar-refractivity contribution is 6.16. The van der Waals surface area contributed by atoms with Crippen LogP contribution in [0.25, 0.3) is 22.2 Å². The number of carbonyl (C=O) groups excluding carboxylic acids is 1. The Morgan fingerprint density at radius 1 is 0.914 bits per heavy atom. The van der Waals surface area contributed by atoms with Crippen LogP contribution >= 0.6 is 0 Å². The van der Waals surface area contributed by atoms with Crippen molar-refractivity contribution in [2.75, 3.05) is 25.3 Å². The first-order valence-corrected chi connectivity index (χ1v) is 11.2. The summed E-state index contributed by atoms with van der Waals surface area (Å²) in [5.41, 5.74) is 11.0. The molecule has 0 aliphatic carbocycles. The molecule has 0 unspecified atom stereocenters. The number of carbonyl (C=O) groups is 1. The molecule has 176 valence electrons. The smallest absolute Gasteiger partial charge is 0.261 e. The Morgan fingerprint density at radius 3 is 2.31 bits per heavy atom. The Hall–Kier alpha value is -4.59. The van der Waals surface area contributed by atoms with Gasteiger partial charge >= 0.3 is 0 Å². The first-order chi connectivity index (χ1) is 17.1. The van der Waals surface area contributed by atoms with Crippen LogP contribution in [0.15, 0.2) is 72.8 Å². The van der Waals surface area contributed by atoms with Gasteiger partial charge in [0.1, 0.15) is 28.4 Å². The molecule has 0 aliphatic heterocycles. The molecule has 3 N–H and O–H groups in total. The van der Waals surface area contributed by atoms with E-state index in [9.17, 15) is 4.79 Å². The molecule has 35 heavy (non-hydrogen) atoms. The van der Waals surface area contributed by atoms with Gasteiger partial charge in [-0.05, 0) is 48.4 Å². The number of anilines is 2. The standard InChI is InChI=1S/C27H25N5O3/c1-34-18-13-11-17(12-14-18)15-16-32-25(28)23(27(33)31-21-9-5-6-10-22(21)35-2)24-26(32)30-20-8-4-3-7-19(20)29-24/h3-14H,15-16,28H2,1-2H3,(H,31,33). The van der Waals surface area contributed by atoms with Gasteiger partial charge in [-0.15, -0.1) is 0 Å². The molecule has 0 bridgehead atoms. The lowest BCUT2D eigenvalue weighted by atomic mass is 10.1. The van der Waals surface area contributed by atoms with E-state index in [2.05, 4.69) is 5.32 Å². The SMILES string of the molecule is COc1ccc(CCn2c(N)c(C(=O)Nc3ccccc3OC)c3nc4ccccc4nc32)cc1. The molecule has 8 heteroatoms. The van der Waals surface area contributed by atoms with E-state index in [0.717, 1.165) is 16.8 Å². The number of aryl methyl sites for hydroxylation is 2. The predicted molar refractivity (Wildman–Crippen MR) is 137 cm³/mol. The summed E-state index contributed by atoms with van der Waals surface area (Å²) in [6.07, 6.45) is 0.694. The third kappa shape index (κ3) is 4.21. The van der Waals surface area contributed by atoms with Crippen LogP contribution < -0.4 is 20.5 Å². The molecular weight excluding hydrogens is 442 g/mol. The molecule has 0 radical (unpaired) electrons. The summed E-state index contributed by atoms with van der Waals surface area (Å²) in [7, 11) is 3.20. The number of hydrogen-bond acceptors (Lipinski definition) is 6. The van der Waals surface area contributed by atoms with Crippen LogP contribution in [-0.2, 0) is 13.0 Å². The zero-order chi connectivity index (χ0) is 24.4. The number of hydrogen-bond donors (Lipinski definition) is 2. The van der Waals surface area contributed by atoms with Gasteiger partial charge in [-0.3, -0.25) is 4.79 Å². The third-order valence-corrected chi connectivity index (χ3v) is 5.96. The minimum atomic E-state index is -0.371. The minimum absolute atomic E-state index is 0.291. The molecule has 0 aliphatic rings. The average molecular weight is 468 g/mol. The van der Waals surface area contributed by atoms with E-state index in [1.165, 1.54) is 0 Å². The largest absolute Gasteiger partial charge is 0.497 e. The summed E-state index contributed by atoms with van der Waals surface area (Å²) < 4.78 is 12.5. The van der Waals surface area contributed by atoms with E-state index in [1.807, 2.05) is 65.2 Å². The molecule has 0 atom stereocenters. The number of nitrogens with zero attached hydrogens (tertiary/aromatic N) is 3. The number of ether oxygens (including phenoxy) is 2. The maximum absolute atomic E-state index is 13.5. The molecule has 0 spiro atoms. The summed E-state index contributed by atoms with van der Waals surface area (Å²) >= 11 is 0.